The van der Waals surface area contributed by atoms with Crippen LogP contribution in [-0.4, -0.2) is 32.0 Å². The third-order valence-electron chi connectivity index (χ3n) is 4.81. The van der Waals surface area contributed by atoms with E-state index in [0.717, 1.165) is 5.56 Å². The summed E-state index contributed by atoms with van der Waals surface area (Å²) in [4.78, 5) is 0. The molecule has 0 aliphatic rings. The van der Waals surface area contributed by atoms with Crippen LogP contribution in [0.3, 0.4) is 0 Å². The molecule has 0 saturated heterocycles. The van der Waals surface area contributed by atoms with Crippen LogP contribution in [0, 0.1) is 0 Å². The van der Waals surface area contributed by atoms with Gasteiger partial charge in [0, 0.05) is 24.4 Å². The van der Waals surface area contributed by atoms with Crippen molar-refractivity contribution >= 4 is 34.1 Å². The molecule has 0 heterocycles. The number of aliphatic hydroxyl groups is 1. The average molecular weight is 471 g/mol. The van der Waals surface area contributed by atoms with Crippen LogP contribution in [0.5, 0.6) is 17.2 Å². The Kier molecular flexibility index (Phi) is 9.78. The Hall–Kier alpha value is -4.18. The van der Waals surface area contributed by atoms with Gasteiger partial charge in [-0.2, -0.15) is 0 Å². The van der Waals surface area contributed by atoms with Crippen LogP contribution in [0.1, 0.15) is 12.0 Å². The highest BCUT2D eigenvalue weighted by Crippen LogP contribution is 2.30. The molecule has 184 valence electrons. The Morgan fingerprint density at radius 1 is 0.676 bits per heavy atom. The Bertz CT molecular complexity index is 1020. The van der Waals surface area contributed by atoms with Gasteiger partial charge in [-0.1, -0.05) is 6.07 Å². The van der Waals surface area contributed by atoms with Gasteiger partial charge in [0.25, 0.3) is 0 Å². The fourth-order valence-corrected chi connectivity index (χ4v) is 3.00. The average Bonchev–Trinajstić information content (AvgIpc) is 2.80. The van der Waals surface area contributed by atoms with Gasteiger partial charge in [0.15, 0.2) is 0 Å². The Morgan fingerprint density at radius 2 is 1.18 bits per heavy atom. The predicted molar refractivity (Wildman–Crippen MR) is 139 cm³/mol. The molecule has 0 aliphatic heterocycles. The van der Waals surface area contributed by atoms with Crippen molar-refractivity contribution in [1.29, 1.82) is 0 Å². The van der Waals surface area contributed by atoms with Crippen molar-refractivity contribution in [3.8, 4) is 17.2 Å². The highest BCUT2D eigenvalue weighted by molar-refractivity contribution is 5.74. The van der Waals surface area contributed by atoms with E-state index >= 15 is 0 Å². The topological polar surface area (TPSA) is 204 Å². The molecule has 34 heavy (non-hydrogen) atoms. The van der Waals surface area contributed by atoms with Crippen LogP contribution in [0.2, 0.25) is 0 Å². The molecule has 13 N–H and O–H groups in total. The lowest BCUT2D eigenvalue weighted by Gasteiger charge is -2.11. The minimum atomic E-state index is 0.0654. The van der Waals surface area contributed by atoms with Crippen molar-refractivity contribution < 1.29 is 19.3 Å². The number of methoxy groups -OCH3 is 1. The Balaban J connectivity index is 0.000000270. The highest BCUT2D eigenvalue weighted by Gasteiger charge is 2.07. The van der Waals surface area contributed by atoms with Gasteiger partial charge in [-0.05, 0) is 54.4 Å². The van der Waals surface area contributed by atoms with Crippen molar-refractivity contribution in [2.24, 2.45) is 0 Å². The lowest BCUT2D eigenvalue weighted by molar-refractivity contribution is 0.249. The van der Waals surface area contributed by atoms with Crippen molar-refractivity contribution in [3.05, 3.63) is 54.1 Å². The molecule has 0 aliphatic carbocycles. The summed E-state index contributed by atoms with van der Waals surface area (Å²) in [6.07, 6.45) is 1.22. The van der Waals surface area contributed by atoms with Crippen LogP contribution < -0.4 is 48.6 Å². The molecule has 0 saturated carbocycles. The minimum Gasteiger partial charge on any atom is -0.495 e. The van der Waals surface area contributed by atoms with Crippen LogP contribution in [0.4, 0.5) is 34.1 Å². The quantitative estimate of drug-likeness (QED) is 0.179. The zero-order chi connectivity index (χ0) is 25.1. The maximum absolute atomic E-state index is 8.73. The summed E-state index contributed by atoms with van der Waals surface area (Å²) in [6, 6.07) is 13.9. The van der Waals surface area contributed by atoms with Gasteiger partial charge in [0.1, 0.15) is 17.2 Å². The van der Waals surface area contributed by atoms with E-state index in [1.807, 2.05) is 0 Å². The van der Waals surface area contributed by atoms with E-state index in [0.29, 0.717) is 77.4 Å². The summed E-state index contributed by atoms with van der Waals surface area (Å²) >= 11 is 0. The first-order chi connectivity index (χ1) is 16.3. The molecule has 0 atom stereocenters. The van der Waals surface area contributed by atoms with Gasteiger partial charge in [0.05, 0.1) is 43.1 Å². The van der Waals surface area contributed by atoms with Crippen LogP contribution in [-0.2, 0) is 6.42 Å². The standard InChI is InChI=1S/C15H20N4O2.C9H14N2O2/c16-10-2-4-14(12(18)8-10)20-6-1-7-21-15-5-3-11(17)9-13(15)19;1-13-7-3-2-6(4-5-12)8(10)9(7)11/h2-5,8-9H,1,6-7,16-19H2;2-3,12H,4-5,10-11H2,1H3. The fourth-order valence-electron chi connectivity index (χ4n) is 3.00. The van der Waals surface area contributed by atoms with E-state index in [-0.39, 0.29) is 6.61 Å². The van der Waals surface area contributed by atoms with Gasteiger partial charge in [0.2, 0.25) is 0 Å². The highest BCUT2D eigenvalue weighted by atomic mass is 16.5. The van der Waals surface area contributed by atoms with Crippen LogP contribution >= 0.6 is 0 Å². The first-order valence-corrected chi connectivity index (χ1v) is 10.6. The van der Waals surface area contributed by atoms with Crippen LogP contribution in [0.15, 0.2) is 48.5 Å². The minimum absolute atomic E-state index is 0.0654. The molecule has 10 heteroatoms. The third-order valence-corrected chi connectivity index (χ3v) is 4.81. The molecule has 0 fully saturated rings. The van der Waals surface area contributed by atoms with Gasteiger partial charge >= 0.3 is 0 Å². The second kappa shape index (κ2) is 12.8. The zero-order valence-electron chi connectivity index (χ0n) is 19.3. The summed E-state index contributed by atoms with van der Waals surface area (Å²) in [6.45, 7) is 1.04. The van der Waals surface area contributed by atoms with Gasteiger partial charge in [-0.25, -0.2) is 0 Å². The maximum Gasteiger partial charge on any atom is 0.143 e. The number of benzene rings is 3. The molecule has 0 unspecified atom stereocenters. The predicted octanol–water partition coefficient (Wildman–Crippen LogP) is 2.26. The molecule has 0 amide bonds. The Morgan fingerprint density at radius 3 is 1.62 bits per heavy atom. The molecule has 10 nitrogen and oxygen atoms in total. The Labute approximate surface area is 199 Å². The molecule has 0 radical (unpaired) electrons. The molecule has 3 aromatic carbocycles. The number of aliphatic hydroxyl groups excluding tert-OH is 1. The molecule has 3 rings (SSSR count). The summed E-state index contributed by atoms with van der Waals surface area (Å²) in [5.74, 6) is 1.81. The number of hydrogen-bond donors (Lipinski definition) is 7. The van der Waals surface area contributed by atoms with Crippen molar-refractivity contribution in [2.75, 3.05) is 61.3 Å². The fraction of sp³-hybridized carbons (Fsp3) is 0.250. The maximum atomic E-state index is 8.73. The van der Waals surface area contributed by atoms with E-state index in [4.69, 9.17) is 53.7 Å². The smallest absolute Gasteiger partial charge is 0.143 e. The molecular formula is C24H34N6O4. The number of nitrogen functional groups attached to an aromatic ring is 6. The first-order valence-electron chi connectivity index (χ1n) is 10.6. The monoisotopic (exact) mass is 470 g/mol. The number of nitrogens with two attached hydrogens (primary N) is 6. The van der Waals surface area contributed by atoms with E-state index in [9.17, 15) is 0 Å². The number of ether oxygens (including phenoxy) is 3. The summed E-state index contributed by atoms with van der Waals surface area (Å²) in [5, 5.41) is 8.73. The molecule has 0 bridgehead atoms. The lowest BCUT2D eigenvalue weighted by atomic mass is 10.1. The number of hydrogen-bond acceptors (Lipinski definition) is 10. The summed E-state index contributed by atoms with van der Waals surface area (Å²) < 4.78 is 16.1. The molecular weight excluding hydrogens is 436 g/mol. The summed E-state index contributed by atoms with van der Waals surface area (Å²) in [5.41, 5.74) is 38.3. The van der Waals surface area contributed by atoms with E-state index in [2.05, 4.69) is 0 Å². The normalized spacial score (nSPS) is 10.2. The summed E-state index contributed by atoms with van der Waals surface area (Å²) in [7, 11) is 1.54. The van der Waals surface area contributed by atoms with Gasteiger partial charge < -0.3 is 53.7 Å². The van der Waals surface area contributed by atoms with Gasteiger partial charge in [-0.15, -0.1) is 0 Å². The second-order valence-corrected chi connectivity index (χ2v) is 7.37. The van der Waals surface area contributed by atoms with E-state index in [1.54, 1.807) is 48.5 Å². The third kappa shape index (κ3) is 7.45. The van der Waals surface area contributed by atoms with E-state index in [1.165, 1.54) is 7.11 Å². The second-order valence-electron chi connectivity index (χ2n) is 7.37. The molecule has 0 aromatic heterocycles. The number of anilines is 6. The lowest BCUT2D eigenvalue weighted by Crippen LogP contribution is -2.07. The molecule has 3 aromatic rings. The van der Waals surface area contributed by atoms with E-state index < -0.39 is 0 Å². The SMILES string of the molecule is COc1ccc(CCO)c(N)c1N.Nc1ccc(OCCCOc2ccc(N)cc2N)c(N)c1. The van der Waals surface area contributed by atoms with Crippen molar-refractivity contribution in [1.82, 2.24) is 0 Å². The van der Waals surface area contributed by atoms with Gasteiger partial charge in [-0.3, -0.25) is 0 Å². The first kappa shape index (κ1) is 26.1. The largest absolute Gasteiger partial charge is 0.495 e. The van der Waals surface area contributed by atoms with Crippen molar-refractivity contribution in [2.45, 2.75) is 12.8 Å². The zero-order valence-corrected chi connectivity index (χ0v) is 19.3. The number of rotatable bonds is 9. The van der Waals surface area contributed by atoms with Crippen molar-refractivity contribution in [3.63, 3.8) is 0 Å². The van der Waals surface area contributed by atoms with Crippen LogP contribution in [0.25, 0.3) is 0 Å². The molecule has 0 spiro atoms.